The molecule has 0 spiro atoms. The molecule has 3 rings (SSSR count). The first-order valence-corrected chi connectivity index (χ1v) is 7.79. The molecule has 2 N–H and O–H groups in total. The molecule has 1 atom stereocenters. The van der Waals surface area contributed by atoms with Crippen LogP contribution in [0.2, 0.25) is 5.02 Å². The lowest BCUT2D eigenvalue weighted by molar-refractivity contribution is 0.267. The third kappa shape index (κ3) is 3.80. The van der Waals surface area contributed by atoms with E-state index in [0.29, 0.717) is 13.1 Å². The monoisotopic (exact) mass is 357 g/mol. The first-order chi connectivity index (χ1) is 11.5. The van der Waals surface area contributed by atoms with Crippen LogP contribution in [0.3, 0.4) is 0 Å². The van der Waals surface area contributed by atoms with Crippen molar-refractivity contribution in [2.75, 3.05) is 19.6 Å². The molecule has 0 aliphatic carbocycles. The Morgan fingerprint density at radius 1 is 1.12 bits per heavy atom. The fourth-order valence-corrected chi connectivity index (χ4v) is 2.60. The van der Waals surface area contributed by atoms with Gasteiger partial charge < -0.3 is 15.4 Å². The molecule has 1 aromatic carbocycles. The van der Waals surface area contributed by atoms with Crippen molar-refractivity contribution >= 4 is 11.6 Å². The van der Waals surface area contributed by atoms with Crippen LogP contribution in [0.4, 0.5) is 13.2 Å². The van der Waals surface area contributed by atoms with Gasteiger partial charge >= 0.3 is 0 Å². The first-order valence-electron chi connectivity index (χ1n) is 7.41. The number of halogens is 4. The molecule has 0 bridgehead atoms. The number of nitrogens with one attached hydrogen (secondary N) is 2. The molecule has 0 saturated carbocycles. The number of rotatable bonds is 4. The van der Waals surface area contributed by atoms with Crippen molar-refractivity contribution in [2.45, 2.75) is 12.6 Å². The predicted octanol–water partition coefficient (Wildman–Crippen LogP) is 2.97. The third-order valence-corrected chi connectivity index (χ3v) is 3.91. The number of nitrogens with zero attached hydrogens (tertiary/aromatic N) is 1. The standard InChI is InChI=1S/C16H15ClF3N3O/c17-10-2-1-9(11(18)5-10)8-24-16-13(20)6-12(19)15(23-16)14-7-21-3-4-22-14/h1-2,5-6,14,21-22H,3-4,7-8H2. The second-order valence-electron chi connectivity index (χ2n) is 5.38. The Morgan fingerprint density at radius 3 is 2.67 bits per heavy atom. The van der Waals surface area contributed by atoms with Gasteiger partial charge in [0.05, 0.1) is 11.7 Å². The average Bonchev–Trinajstić information content (AvgIpc) is 2.56. The Balaban J connectivity index is 1.79. The van der Waals surface area contributed by atoms with Gasteiger partial charge in [0.25, 0.3) is 5.88 Å². The molecule has 0 radical (unpaired) electrons. The Labute approximate surface area is 142 Å². The van der Waals surface area contributed by atoms with Gasteiger partial charge in [-0.25, -0.2) is 18.2 Å². The zero-order chi connectivity index (χ0) is 17.1. The van der Waals surface area contributed by atoms with Crippen LogP contribution in [0.1, 0.15) is 17.3 Å². The van der Waals surface area contributed by atoms with E-state index in [-0.39, 0.29) is 34.8 Å². The maximum Gasteiger partial charge on any atom is 0.251 e. The molecule has 1 saturated heterocycles. The van der Waals surface area contributed by atoms with E-state index in [2.05, 4.69) is 15.6 Å². The molecular formula is C16H15ClF3N3O. The summed E-state index contributed by atoms with van der Waals surface area (Å²) in [6.45, 7) is 1.64. The molecule has 8 heteroatoms. The van der Waals surface area contributed by atoms with E-state index in [1.165, 1.54) is 12.1 Å². The summed E-state index contributed by atoms with van der Waals surface area (Å²) < 4.78 is 46.8. The predicted molar refractivity (Wildman–Crippen MR) is 83.5 cm³/mol. The van der Waals surface area contributed by atoms with Crippen molar-refractivity contribution in [1.29, 1.82) is 0 Å². The van der Waals surface area contributed by atoms with Crippen molar-refractivity contribution in [1.82, 2.24) is 15.6 Å². The Bertz CT molecular complexity index is 739. The van der Waals surface area contributed by atoms with Gasteiger partial charge in [-0.3, -0.25) is 0 Å². The zero-order valence-corrected chi connectivity index (χ0v) is 13.3. The van der Waals surface area contributed by atoms with Crippen molar-refractivity contribution in [3.05, 3.63) is 58.0 Å². The molecule has 2 heterocycles. The van der Waals surface area contributed by atoms with Crippen molar-refractivity contribution in [2.24, 2.45) is 0 Å². The van der Waals surface area contributed by atoms with Crippen LogP contribution in [0.15, 0.2) is 24.3 Å². The summed E-state index contributed by atoms with van der Waals surface area (Å²) in [6, 6.07) is 4.42. The summed E-state index contributed by atoms with van der Waals surface area (Å²) >= 11 is 5.68. The lowest BCUT2D eigenvalue weighted by Crippen LogP contribution is -2.43. The fourth-order valence-electron chi connectivity index (χ4n) is 2.44. The minimum atomic E-state index is -0.936. The Hall–Kier alpha value is -1.83. The maximum atomic E-state index is 14.0. The molecule has 128 valence electrons. The van der Waals surface area contributed by atoms with Crippen molar-refractivity contribution in [3.63, 3.8) is 0 Å². The summed E-state index contributed by atoms with van der Waals surface area (Å²) in [7, 11) is 0. The highest BCUT2D eigenvalue weighted by atomic mass is 35.5. The van der Waals surface area contributed by atoms with E-state index < -0.39 is 17.5 Å². The normalized spacial score (nSPS) is 17.8. The largest absolute Gasteiger partial charge is 0.471 e. The Kier molecular flexibility index (Phi) is 5.23. The highest BCUT2D eigenvalue weighted by Crippen LogP contribution is 2.24. The number of hydrogen-bond acceptors (Lipinski definition) is 4. The molecule has 1 aliphatic heterocycles. The van der Waals surface area contributed by atoms with E-state index >= 15 is 0 Å². The average molecular weight is 358 g/mol. The van der Waals surface area contributed by atoms with Crippen molar-refractivity contribution < 1.29 is 17.9 Å². The van der Waals surface area contributed by atoms with Gasteiger partial charge in [-0.1, -0.05) is 17.7 Å². The quantitative estimate of drug-likeness (QED) is 0.883. The van der Waals surface area contributed by atoms with Gasteiger partial charge in [-0.15, -0.1) is 0 Å². The second kappa shape index (κ2) is 7.38. The Morgan fingerprint density at radius 2 is 1.96 bits per heavy atom. The van der Waals surface area contributed by atoms with E-state index in [1.54, 1.807) is 0 Å². The van der Waals surface area contributed by atoms with E-state index in [4.69, 9.17) is 16.3 Å². The molecule has 4 nitrogen and oxygen atoms in total. The molecule has 1 aliphatic rings. The van der Waals surface area contributed by atoms with Crippen LogP contribution in [0.25, 0.3) is 0 Å². The van der Waals surface area contributed by atoms with Gasteiger partial charge in [0.15, 0.2) is 5.82 Å². The zero-order valence-electron chi connectivity index (χ0n) is 12.6. The molecular weight excluding hydrogens is 343 g/mol. The summed E-state index contributed by atoms with van der Waals surface area (Å²) in [6.07, 6.45) is 0. The smallest absolute Gasteiger partial charge is 0.251 e. The summed E-state index contributed by atoms with van der Waals surface area (Å²) in [4.78, 5) is 3.93. The number of benzene rings is 1. The van der Waals surface area contributed by atoms with Crippen LogP contribution in [0, 0.1) is 17.5 Å². The van der Waals surface area contributed by atoms with Crippen LogP contribution < -0.4 is 15.4 Å². The molecule has 1 aromatic heterocycles. The highest BCUT2D eigenvalue weighted by molar-refractivity contribution is 6.30. The van der Waals surface area contributed by atoms with Crippen LogP contribution >= 0.6 is 11.6 Å². The van der Waals surface area contributed by atoms with Crippen molar-refractivity contribution in [3.8, 4) is 5.88 Å². The molecule has 1 unspecified atom stereocenters. The molecule has 1 fully saturated rings. The van der Waals surface area contributed by atoms with Crippen LogP contribution in [-0.4, -0.2) is 24.6 Å². The van der Waals surface area contributed by atoms with Gasteiger partial charge in [0, 0.05) is 36.3 Å². The number of ether oxygens (including phenoxy) is 1. The maximum absolute atomic E-state index is 14.0. The topological polar surface area (TPSA) is 46.2 Å². The van der Waals surface area contributed by atoms with Gasteiger partial charge in [0.1, 0.15) is 18.2 Å². The summed E-state index contributed by atoms with van der Waals surface area (Å²) in [5, 5.41) is 6.44. The van der Waals surface area contributed by atoms with E-state index in [0.717, 1.165) is 18.7 Å². The fraction of sp³-hybridized carbons (Fsp3) is 0.312. The minimum absolute atomic E-state index is 0.0650. The number of hydrogen-bond donors (Lipinski definition) is 2. The van der Waals surface area contributed by atoms with E-state index in [9.17, 15) is 13.2 Å². The van der Waals surface area contributed by atoms with Gasteiger partial charge in [0.2, 0.25) is 0 Å². The van der Waals surface area contributed by atoms with Crippen LogP contribution in [0.5, 0.6) is 5.88 Å². The highest BCUT2D eigenvalue weighted by Gasteiger charge is 2.22. The lowest BCUT2D eigenvalue weighted by atomic mass is 10.1. The summed E-state index contributed by atoms with van der Waals surface area (Å²) in [5.74, 6) is -2.62. The SMILES string of the molecule is Fc1cc(Cl)ccc1COc1nc(C2CNCCN2)c(F)cc1F. The molecule has 0 amide bonds. The molecule has 2 aromatic rings. The number of aromatic nitrogens is 1. The minimum Gasteiger partial charge on any atom is -0.471 e. The summed E-state index contributed by atoms with van der Waals surface area (Å²) in [5.41, 5.74) is 0.263. The number of pyridine rings is 1. The van der Waals surface area contributed by atoms with E-state index in [1.807, 2.05) is 0 Å². The first kappa shape index (κ1) is 17.0. The lowest BCUT2D eigenvalue weighted by Gasteiger charge is -2.24. The third-order valence-electron chi connectivity index (χ3n) is 3.67. The van der Waals surface area contributed by atoms with Gasteiger partial charge in [-0.2, -0.15) is 0 Å². The van der Waals surface area contributed by atoms with Gasteiger partial charge in [-0.05, 0) is 12.1 Å². The van der Waals surface area contributed by atoms with Crippen LogP contribution in [-0.2, 0) is 6.61 Å². The number of piperazine rings is 1. The molecule has 24 heavy (non-hydrogen) atoms. The second-order valence-corrected chi connectivity index (χ2v) is 5.81.